The van der Waals surface area contributed by atoms with Crippen LogP contribution >= 0.6 is 11.6 Å². The minimum absolute atomic E-state index is 0.277. The zero-order valence-corrected chi connectivity index (χ0v) is 8.12. The van der Waals surface area contributed by atoms with Crippen LogP contribution in [0, 0.1) is 11.3 Å². The average Bonchev–Trinajstić information content (AvgIpc) is 2.20. The number of halogens is 1. The Kier molecular flexibility index (Phi) is 2.06. The van der Waals surface area contributed by atoms with Crippen LogP contribution in [-0.2, 0) is 0 Å². The van der Waals surface area contributed by atoms with Crippen LogP contribution in [0.5, 0.6) is 0 Å². The summed E-state index contributed by atoms with van der Waals surface area (Å²) < 4.78 is 0.528. The number of rotatable bonds is 0. The number of H-pyrrole nitrogens is 1. The number of nitrogens with zero attached hydrogens (tertiary/aromatic N) is 2. The Bertz CT molecular complexity index is 642. The first-order chi connectivity index (χ1) is 7.13. The van der Waals surface area contributed by atoms with Crippen LogP contribution in [0.25, 0.3) is 11.0 Å². The molecule has 2 aromatic rings. The van der Waals surface area contributed by atoms with Gasteiger partial charge in [0.25, 0.3) is 5.52 Å². The molecule has 0 spiro atoms. The average molecular weight is 223 g/mol. The molecule has 74 valence electrons. The van der Waals surface area contributed by atoms with Crippen LogP contribution in [-0.4, -0.2) is 10.2 Å². The molecule has 0 aliphatic heterocycles. The topological polar surface area (TPSA) is 80.8 Å². The van der Waals surface area contributed by atoms with E-state index in [1.54, 1.807) is 18.2 Å². The molecule has 2 rings (SSSR count). The predicted octanol–water partition coefficient (Wildman–Crippen LogP) is 0.578. The van der Waals surface area contributed by atoms with Crippen LogP contribution in [0.15, 0.2) is 23.0 Å². The number of fused-ring (bicyclic) bond motifs is 1. The van der Waals surface area contributed by atoms with E-state index in [1.165, 1.54) is 6.07 Å². The second kappa shape index (κ2) is 3.26. The van der Waals surface area contributed by atoms with Crippen LogP contribution in [0.3, 0.4) is 0 Å². The standard InChI is InChI=1S/C9H4ClN3O2/c10-5-1-2-6-7(3-5)13(15)8(4-11)9(14)12-6/h1-3H,(H-,12,14,15)/p+1. The van der Waals surface area contributed by atoms with E-state index in [0.717, 1.165) is 0 Å². The number of nitrogens with one attached hydrogen (secondary N) is 1. The highest BCUT2D eigenvalue weighted by Gasteiger charge is 2.20. The fourth-order valence-electron chi connectivity index (χ4n) is 1.28. The fraction of sp³-hybridized carbons (Fsp3) is 0. The molecular formula is C9H5ClN3O2+. The number of hydrogen-bond acceptors (Lipinski definition) is 3. The quantitative estimate of drug-likeness (QED) is 0.505. The summed E-state index contributed by atoms with van der Waals surface area (Å²) in [6, 6.07) is 6.18. The van der Waals surface area contributed by atoms with Gasteiger partial charge in [-0.1, -0.05) is 11.6 Å². The minimum atomic E-state index is -0.644. The van der Waals surface area contributed by atoms with Crippen molar-refractivity contribution in [3.63, 3.8) is 0 Å². The second-order valence-corrected chi connectivity index (χ2v) is 3.32. The lowest BCUT2D eigenvalue weighted by molar-refractivity contribution is -0.887. The third kappa shape index (κ3) is 1.41. The molecule has 0 aliphatic carbocycles. The van der Waals surface area contributed by atoms with Gasteiger partial charge in [-0.15, -0.1) is 0 Å². The lowest BCUT2D eigenvalue weighted by atomic mass is 10.3. The van der Waals surface area contributed by atoms with Crippen molar-refractivity contribution in [1.29, 1.82) is 5.26 Å². The zero-order valence-electron chi connectivity index (χ0n) is 7.36. The molecule has 6 heteroatoms. The number of nitriles is 1. The van der Waals surface area contributed by atoms with E-state index in [9.17, 15) is 10.0 Å². The Morgan fingerprint density at radius 2 is 2.27 bits per heavy atom. The number of aromatic amines is 1. The van der Waals surface area contributed by atoms with Gasteiger partial charge in [-0.05, 0) is 12.1 Å². The summed E-state index contributed by atoms with van der Waals surface area (Å²) in [5.74, 6) is 0. The van der Waals surface area contributed by atoms with Crippen molar-refractivity contribution < 1.29 is 9.94 Å². The van der Waals surface area contributed by atoms with Gasteiger partial charge in [0, 0.05) is 15.8 Å². The van der Waals surface area contributed by atoms with Crippen LogP contribution < -0.4 is 10.3 Å². The Balaban J connectivity index is 3.00. The van der Waals surface area contributed by atoms with Crippen molar-refractivity contribution in [2.45, 2.75) is 0 Å². The van der Waals surface area contributed by atoms with E-state index >= 15 is 0 Å². The van der Waals surface area contributed by atoms with Gasteiger partial charge in [-0.2, -0.15) is 5.26 Å². The van der Waals surface area contributed by atoms with E-state index in [1.807, 2.05) is 0 Å². The maximum Gasteiger partial charge on any atom is 0.398 e. The minimum Gasteiger partial charge on any atom is -0.310 e. The van der Waals surface area contributed by atoms with E-state index in [0.29, 0.717) is 15.3 Å². The van der Waals surface area contributed by atoms with Crippen molar-refractivity contribution in [3.05, 3.63) is 39.3 Å². The van der Waals surface area contributed by atoms with E-state index in [4.69, 9.17) is 16.9 Å². The zero-order chi connectivity index (χ0) is 11.0. The van der Waals surface area contributed by atoms with Gasteiger partial charge in [0.1, 0.15) is 5.52 Å². The SMILES string of the molecule is N#Cc1c(=O)[nH]c2ccc(Cl)cc2[n+]1O. The molecule has 15 heavy (non-hydrogen) atoms. The maximum absolute atomic E-state index is 11.3. The van der Waals surface area contributed by atoms with Crippen molar-refractivity contribution in [2.75, 3.05) is 0 Å². The molecule has 0 atom stereocenters. The normalized spacial score (nSPS) is 10.1. The van der Waals surface area contributed by atoms with E-state index in [2.05, 4.69) is 4.98 Å². The summed E-state index contributed by atoms with van der Waals surface area (Å²) in [5, 5.41) is 18.6. The Morgan fingerprint density at radius 1 is 1.53 bits per heavy atom. The monoisotopic (exact) mass is 222 g/mol. The van der Waals surface area contributed by atoms with Gasteiger partial charge in [0.2, 0.25) is 0 Å². The predicted molar refractivity (Wildman–Crippen MR) is 51.7 cm³/mol. The van der Waals surface area contributed by atoms with Gasteiger partial charge >= 0.3 is 11.3 Å². The number of aromatic nitrogens is 2. The molecule has 0 unspecified atom stereocenters. The molecule has 0 saturated carbocycles. The van der Waals surface area contributed by atoms with Crippen molar-refractivity contribution in [1.82, 2.24) is 4.98 Å². The largest absolute Gasteiger partial charge is 0.398 e. The van der Waals surface area contributed by atoms with Crippen molar-refractivity contribution in [2.24, 2.45) is 0 Å². The van der Waals surface area contributed by atoms with Gasteiger partial charge < -0.3 is 4.98 Å². The summed E-state index contributed by atoms with van der Waals surface area (Å²) in [4.78, 5) is 13.7. The molecule has 0 aliphatic rings. The summed E-state index contributed by atoms with van der Waals surface area (Å²) in [5.41, 5.74) is -0.343. The summed E-state index contributed by atoms with van der Waals surface area (Å²) in [6.07, 6.45) is 0. The number of benzene rings is 1. The molecule has 1 aromatic heterocycles. The number of hydrogen-bond donors (Lipinski definition) is 2. The third-order valence-corrected chi connectivity index (χ3v) is 2.20. The Labute approximate surface area is 88.7 Å². The van der Waals surface area contributed by atoms with Crippen LogP contribution in [0.2, 0.25) is 5.02 Å². The van der Waals surface area contributed by atoms with Gasteiger partial charge in [-0.25, -0.2) is 0 Å². The molecule has 0 radical (unpaired) electrons. The molecule has 1 aromatic carbocycles. The summed E-state index contributed by atoms with van der Waals surface area (Å²) in [7, 11) is 0. The highest BCUT2D eigenvalue weighted by molar-refractivity contribution is 6.31. The second-order valence-electron chi connectivity index (χ2n) is 2.89. The molecule has 0 amide bonds. The van der Waals surface area contributed by atoms with Crippen LogP contribution in [0.4, 0.5) is 0 Å². The molecule has 0 saturated heterocycles. The maximum atomic E-state index is 11.3. The lowest BCUT2D eigenvalue weighted by Crippen LogP contribution is -2.41. The third-order valence-electron chi connectivity index (χ3n) is 1.97. The van der Waals surface area contributed by atoms with Gasteiger partial charge in [0.15, 0.2) is 6.07 Å². The highest BCUT2D eigenvalue weighted by atomic mass is 35.5. The molecule has 1 heterocycles. The Hall–Kier alpha value is -2.06. The summed E-state index contributed by atoms with van der Waals surface area (Å²) >= 11 is 5.73. The lowest BCUT2D eigenvalue weighted by Gasteiger charge is -1.95. The smallest absolute Gasteiger partial charge is 0.310 e. The van der Waals surface area contributed by atoms with Crippen molar-refractivity contribution in [3.8, 4) is 6.07 Å². The molecule has 5 nitrogen and oxygen atoms in total. The van der Waals surface area contributed by atoms with E-state index in [-0.39, 0.29) is 11.2 Å². The van der Waals surface area contributed by atoms with Crippen molar-refractivity contribution >= 4 is 22.6 Å². The molecule has 2 N–H and O–H groups in total. The molecule has 0 fully saturated rings. The van der Waals surface area contributed by atoms with E-state index < -0.39 is 5.56 Å². The first-order valence-electron chi connectivity index (χ1n) is 4.00. The van der Waals surface area contributed by atoms with Crippen LogP contribution in [0.1, 0.15) is 5.69 Å². The van der Waals surface area contributed by atoms with Gasteiger partial charge in [0.05, 0.1) is 0 Å². The van der Waals surface area contributed by atoms with Gasteiger partial charge in [-0.3, -0.25) is 10.0 Å². The Morgan fingerprint density at radius 3 is 2.93 bits per heavy atom. The highest BCUT2D eigenvalue weighted by Crippen LogP contribution is 2.13. The first kappa shape index (κ1) is 9.49. The molecular weight excluding hydrogens is 218 g/mol. The molecule has 0 bridgehead atoms. The summed E-state index contributed by atoms with van der Waals surface area (Å²) in [6.45, 7) is 0. The first-order valence-corrected chi connectivity index (χ1v) is 4.38. The fourth-order valence-corrected chi connectivity index (χ4v) is 1.45.